The van der Waals surface area contributed by atoms with Crippen LogP contribution in [0.1, 0.15) is 27.2 Å². The molecule has 0 saturated carbocycles. The molecule has 0 aliphatic heterocycles. The molecule has 0 fully saturated rings. The maximum Gasteiger partial charge on any atom is 0.252 e. The van der Waals surface area contributed by atoms with Crippen molar-refractivity contribution in [2.45, 2.75) is 12.8 Å². The van der Waals surface area contributed by atoms with Crippen LogP contribution in [0, 0.1) is 11.8 Å². The number of amides is 1. The first-order chi connectivity index (χ1) is 9.79. The highest BCUT2D eigenvalue weighted by Crippen LogP contribution is 2.13. The maximum absolute atomic E-state index is 11.9. The van der Waals surface area contributed by atoms with Crippen molar-refractivity contribution in [1.29, 1.82) is 0 Å². The number of aliphatic hydroxyl groups is 1. The van der Waals surface area contributed by atoms with Crippen LogP contribution in [0.5, 0.6) is 0 Å². The van der Waals surface area contributed by atoms with Crippen molar-refractivity contribution >= 4 is 28.6 Å². The molecule has 2 heterocycles. The second-order valence-electron chi connectivity index (χ2n) is 4.11. The van der Waals surface area contributed by atoms with Crippen molar-refractivity contribution in [3.8, 4) is 11.8 Å². The van der Waals surface area contributed by atoms with Gasteiger partial charge in [0.2, 0.25) is 0 Å². The van der Waals surface area contributed by atoms with Crippen LogP contribution in [0.15, 0.2) is 28.3 Å². The van der Waals surface area contributed by atoms with E-state index in [9.17, 15) is 4.79 Å². The highest BCUT2D eigenvalue weighted by atomic mass is 32.1. The van der Waals surface area contributed by atoms with Gasteiger partial charge >= 0.3 is 0 Å². The Morgan fingerprint density at radius 3 is 3.05 bits per heavy atom. The molecule has 0 aromatic carbocycles. The molecule has 0 radical (unpaired) electrons. The number of thiophene rings is 2. The average Bonchev–Trinajstić information content (AvgIpc) is 3.10. The molecule has 2 aromatic rings. The zero-order chi connectivity index (χ0) is 14.2. The summed E-state index contributed by atoms with van der Waals surface area (Å²) >= 11 is 3.11. The molecule has 0 bridgehead atoms. The van der Waals surface area contributed by atoms with Gasteiger partial charge in [-0.25, -0.2) is 0 Å². The number of carbonyl (C=O) groups is 1. The first kappa shape index (κ1) is 14.8. The fourth-order valence-corrected chi connectivity index (χ4v) is 3.04. The molecule has 1 amide bonds. The molecule has 0 saturated heterocycles. The lowest BCUT2D eigenvalue weighted by Crippen LogP contribution is -2.25. The average molecular weight is 305 g/mol. The molecular weight excluding hydrogens is 290 g/mol. The minimum absolute atomic E-state index is 0.0633. The normalized spacial score (nSPS) is 9.85. The van der Waals surface area contributed by atoms with Crippen LogP contribution in [0.3, 0.4) is 0 Å². The molecule has 2 N–H and O–H groups in total. The van der Waals surface area contributed by atoms with Crippen LogP contribution in [0.2, 0.25) is 0 Å². The van der Waals surface area contributed by atoms with Crippen molar-refractivity contribution in [2.75, 3.05) is 13.2 Å². The number of rotatable bonds is 5. The van der Waals surface area contributed by atoms with E-state index in [2.05, 4.69) is 28.6 Å². The number of aliphatic hydroxyl groups excluding tert-OH is 1. The Labute approximate surface area is 126 Å². The zero-order valence-corrected chi connectivity index (χ0v) is 12.5. The van der Waals surface area contributed by atoms with Crippen LogP contribution >= 0.6 is 22.7 Å². The van der Waals surface area contributed by atoms with E-state index >= 15 is 0 Å². The van der Waals surface area contributed by atoms with Gasteiger partial charge in [0.1, 0.15) is 0 Å². The van der Waals surface area contributed by atoms with Gasteiger partial charge in [0.15, 0.2) is 0 Å². The van der Waals surface area contributed by atoms with E-state index < -0.39 is 0 Å². The van der Waals surface area contributed by atoms with E-state index in [1.807, 2.05) is 10.8 Å². The molecule has 2 rings (SSSR count). The van der Waals surface area contributed by atoms with Crippen LogP contribution in [0.25, 0.3) is 0 Å². The number of nitrogens with one attached hydrogen (secondary N) is 1. The van der Waals surface area contributed by atoms with E-state index in [0.29, 0.717) is 18.5 Å². The van der Waals surface area contributed by atoms with Gasteiger partial charge in [-0.3, -0.25) is 4.79 Å². The molecule has 0 aliphatic carbocycles. The van der Waals surface area contributed by atoms with E-state index in [-0.39, 0.29) is 12.5 Å². The summed E-state index contributed by atoms with van der Waals surface area (Å²) in [6.07, 6.45) is 1.31. The van der Waals surface area contributed by atoms with Crippen LogP contribution in [0.4, 0.5) is 0 Å². The SMILES string of the molecule is O=C(NCCc1ccsc1)c1csc(C#CCCO)c1. The minimum atomic E-state index is -0.0633. The Balaban J connectivity index is 1.82. The molecular formula is C15H15NO2S2. The third-order valence-electron chi connectivity index (χ3n) is 2.59. The monoisotopic (exact) mass is 305 g/mol. The Kier molecular flexibility index (Phi) is 5.81. The lowest BCUT2D eigenvalue weighted by atomic mass is 10.2. The molecule has 20 heavy (non-hydrogen) atoms. The van der Waals surface area contributed by atoms with E-state index in [0.717, 1.165) is 11.3 Å². The Morgan fingerprint density at radius 2 is 2.30 bits per heavy atom. The van der Waals surface area contributed by atoms with Gasteiger partial charge in [-0.05, 0) is 34.9 Å². The molecule has 3 nitrogen and oxygen atoms in total. The lowest BCUT2D eigenvalue weighted by molar-refractivity contribution is 0.0954. The molecule has 0 unspecified atom stereocenters. The van der Waals surface area contributed by atoms with Gasteiger partial charge in [-0.2, -0.15) is 11.3 Å². The summed E-state index contributed by atoms with van der Waals surface area (Å²) in [5.41, 5.74) is 1.89. The summed E-state index contributed by atoms with van der Waals surface area (Å²) in [5.74, 6) is 5.71. The van der Waals surface area contributed by atoms with E-state index in [4.69, 9.17) is 5.11 Å². The highest BCUT2D eigenvalue weighted by Gasteiger charge is 2.07. The molecule has 5 heteroatoms. The van der Waals surface area contributed by atoms with Crippen molar-refractivity contribution in [3.05, 3.63) is 44.3 Å². The fraction of sp³-hybridized carbons (Fsp3) is 0.267. The molecule has 0 spiro atoms. The number of carbonyl (C=O) groups excluding carboxylic acids is 1. The lowest BCUT2D eigenvalue weighted by Gasteiger charge is -2.01. The Hall–Kier alpha value is -1.61. The molecule has 0 aliphatic rings. The van der Waals surface area contributed by atoms with Gasteiger partial charge in [0.25, 0.3) is 5.91 Å². The topological polar surface area (TPSA) is 49.3 Å². The second kappa shape index (κ2) is 7.85. The maximum atomic E-state index is 11.9. The van der Waals surface area contributed by atoms with Gasteiger partial charge in [-0.1, -0.05) is 11.8 Å². The first-order valence-electron chi connectivity index (χ1n) is 6.27. The molecule has 2 aromatic heterocycles. The summed E-state index contributed by atoms with van der Waals surface area (Å²) in [5, 5.41) is 17.5. The first-order valence-corrected chi connectivity index (χ1v) is 8.09. The van der Waals surface area contributed by atoms with E-state index in [1.165, 1.54) is 16.9 Å². The Bertz CT molecular complexity index is 605. The summed E-state index contributed by atoms with van der Waals surface area (Å²) in [6, 6.07) is 3.85. The smallest absolute Gasteiger partial charge is 0.252 e. The van der Waals surface area contributed by atoms with Crippen molar-refractivity contribution in [1.82, 2.24) is 5.32 Å². The predicted octanol–water partition coefficient (Wildman–Crippen LogP) is 2.52. The quantitative estimate of drug-likeness (QED) is 0.834. The molecule has 0 atom stereocenters. The molecule has 104 valence electrons. The largest absolute Gasteiger partial charge is 0.395 e. The van der Waals surface area contributed by atoms with Crippen molar-refractivity contribution < 1.29 is 9.90 Å². The van der Waals surface area contributed by atoms with Crippen LogP contribution < -0.4 is 5.32 Å². The van der Waals surface area contributed by atoms with Crippen molar-refractivity contribution in [2.24, 2.45) is 0 Å². The summed E-state index contributed by atoms with van der Waals surface area (Å²) in [6.45, 7) is 0.700. The van der Waals surface area contributed by atoms with Gasteiger partial charge < -0.3 is 10.4 Å². The predicted molar refractivity (Wildman–Crippen MR) is 83.3 cm³/mol. The fourth-order valence-electron chi connectivity index (χ4n) is 1.58. The van der Waals surface area contributed by atoms with E-state index in [1.54, 1.807) is 17.4 Å². The van der Waals surface area contributed by atoms with Gasteiger partial charge in [0.05, 0.1) is 17.0 Å². The van der Waals surface area contributed by atoms with Crippen LogP contribution in [-0.4, -0.2) is 24.2 Å². The van der Waals surface area contributed by atoms with Gasteiger partial charge in [-0.15, -0.1) is 11.3 Å². The summed E-state index contributed by atoms with van der Waals surface area (Å²) in [7, 11) is 0. The standard InChI is InChI=1S/C15H15NO2S2/c17-7-2-1-3-14-9-13(11-20-14)15(18)16-6-4-12-5-8-19-10-12/h5,8-11,17H,2,4,6-7H2,(H,16,18). The second-order valence-corrected chi connectivity index (χ2v) is 5.80. The third-order valence-corrected chi connectivity index (χ3v) is 4.17. The van der Waals surface area contributed by atoms with Crippen molar-refractivity contribution in [3.63, 3.8) is 0 Å². The third kappa shape index (κ3) is 4.49. The summed E-state index contributed by atoms with van der Waals surface area (Å²) in [4.78, 5) is 12.8. The Morgan fingerprint density at radius 1 is 1.40 bits per heavy atom. The van der Waals surface area contributed by atoms with Crippen LogP contribution in [-0.2, 0) is 6.42 Å². The zero-order valence-electron chi connectivity index (χ0n) is 10.9. The van der Waals surface area contributed by atoms with Gasteiger partial charge in [0, 0.05) is 18.3 Å². The minimum Gasteiger partial charge on any atom is -0.395 e. The summed E-state index contributed by atoms with van der Waals surface area (Å²) < 4.78 is 0. The highest BCUT2D eigenvalue weighted by molar-refractivity contribution is 7.10. The number of hydrogen-bond donors (Lipinski definition) is 2. The number of hydrogen-bond acceptors (Lipinski definition) is 4.